The van der Waals surface area contributed by atoms with Crippen molar-refractivity contribution in [2.45, 2.75) is 19.6 Å². The summed E-state index contributed by atoms with van der Waals surface area (Å²) in [4.78, 5) is 9.49. The van der Waals surface area contributed by atoms with Crippen LogP contribution in [0.15, 0.2) is 30.5 Å². The van der Waals surface area contributed by atoms with E-state index >= 15 is 0 Å². The monoisotopic (exact) mass is 328 g/mol. The first-order valence-electron chi connectivity index (χ1n) is 8.56. The number of fused-ring (bicyclic) bond motifs is 1. The molecule has 2 aliphatic rings. The Hall–Kier alpha value is -2.05. The maximum atomic E-state index is 5.45. The van der Waals surface area contributed by atoms with E-state index in [9.17, 15) is 0 Å². The van der Waals surface area contributed by atoms with Crippen LogP contribution in [0.2, 0.25) is 0 Å². The standard InChI is InChI=1S/C18H24N4O2/c1-23-17-4-2-15(3-5-17)13-20-6-7-22-16(14-20)12-19-18(22)21-8-10-24-11-9-21/h2-5,12H,6-11,13-14H2,1H3. The number of ether oxygens (including phenoxy) is 2. The fourth-order valence-electron chi connectivity index (χ4n) is 3.46. The number of hydrogen-bond acceptors (Lipinski definition) is 5. The van der Waals surface area contributed by atoms with Crippen LogP contribution in [0.5, 0.6) is 5.75 Å². The highest BCUT2D eigenvalue weighted by Crippen LogP contribution is 2.23. The molecule has 0 radical (unpaired) electrons. The molecule has 1 saturated heterocycles. The second-order valence-corrected chi connectivity index (χ2v) is 6.36. The van der Waals surface area contributed by atoms with Crippen LogP contribution in [-0.2, 0) is 24.4 Å². The molecular formula is C18H24N4O2. The molecule has 0 saturated carbocycles. The summed E-state index contributed by atoms with van der Waals surface area (Å²) < 4.78 is 13.0. The minimum Gasteiger partial charge on any atom is -0.497 e. The average molecular weight is 328 g/mol. The predicted molar refractivity (Wildman–Crippen MR) is 92.4 cm³/mol. The molecule has 0 N–H and O–H groups in total. The molecule has 0 spiro atoms. The minimum atomic E-state index is 0.797. The molecule has 2 aromatic rings. The first kappa shape index (κ1) is 15.5. The second-order valence-electron chi connectivity index (χ2n) is 6.36. The SMILES string of the molecule is COc1ccc(CN2CCn3c(cnc3N3CCOCC3)C2)cc1. The Morgan fingerprint density at radius 1 is 1.08 bits per heavy atom. The van der Waals surface area contributed by atoms with Crippen LogP contribution < -0.4 is 9.64 Å². The highest BCUT2D eigenvalue weighted by atomic mass is 16.5. The lowest BCUT2D eigenvalue weighted by Crippen LogP contribution is -2.40. The smallest absolute Gasteiger partial charge is 0.205 e. The minimum absolute atomic E-state index is 0.797. The van der Waals surface area contributed by atoms with Crippen LogP contribution in [0, 0.1) is 0 Å². The van der Waals surface area contributed by atoms with Crippen molar-refractivity contribution in [2.75, 3.05) is 44.9 Å². The zero-order valence-electron chi connectivity index (χ0n) is 14.1. The molecule has 0 bridgehead atoms. The van der Waals surface area contributed by atoms with E-state index in [-0.39, 0.29) is 0 Å². The molecule has 0 aliphatic carbocycles. The summed E-state index contributed by atoms with van der Waals surface area (Å²) in [5.74, 6) is 2.02. The Balaban J connectivity index is 1.43. The highest BCUT2D eigenvalue weighted by molar-refractivity contribution is 5.35. The van der Waals surface area contributed by atoms with E-state index in [1.54, 1.807) is 7.11 Å². The Labute approximate surface area is 142 Å². The largest absolute Gasteiger partial charge is 0.497 e. The zero-order chi connectivity index (χ0) is 16.4. The van der Waals surface area contributed by atoms with Gasteiger partial charge in [0.15, 0.2) is 0 Å². The summed E-state index contributed by atoms with van der Waals surface area (Å²) >= 11 is 0. The van der Waals surface area contributed by atoms with E-state index in [4.69, 9.17) is 9.47 Å². The van der Waals surface area contributed by atoms with Gasteiger partial charge in [0.2, 0.25) is 5.95 Å². The van der Waals surface area contributed by atoms with Crippen LogP contribution in [0.25, 0.3) is 0 Å². The first-order chi connectivity index (χ1) is 11.8. The van der Waals surface area contributed by atoms with E-state index in [0.717, 1.165) is 64.2 Å². The van der Waals surface area contributed by atoms with Crippen molar-refractivity contribution < 1.29 is 9.47 Å². The van der Waals surface area contributed by atoms with E-state index in [2.05, 4.69) is 31.5 Å². The Bertz CT molecular complexity index is 677. The maximum Gasteiger partial charge on any atom is 0.205 e. The van der Waals surface area contributed by atoms with Gasteiger partial charge in [0, 0.05) is 39.3 Å². The highest BCUT2D eigenvalue weighted by Gasteiger charge is 2.23. The molecule has 1 aromatic heterocycles. The second kappa shape index (κ2) is 6.83. The van der Waals surface area contributed by atoms with Gasteiger partial charge in [-0.25, -0.2) is 4.98 Å². The Kier molecular flexibility index (Phi) is 4.40. The normalized spacial score (nSPS) is 18.5. The van der Waals surface area contributed by atoms with Crippen molar-refractivity contribution in [3.63, 3.8) is 0 Å². The van der Waals surface area contributed by atoms with Gasteiger partial charge in [-0.1, -0.05) is 12.1 Å². The molecule has 4 rings (SSSR count). The van der Waals surface area contributed by atoms with Crippen LogP contribution in [0.4, 0.5) is 5.95 Å². The van der Waals surface area contributed by atoms with Crippen molar-refractivity contribution in [1.82, 2.24) is 14.5 Å². The van der Waals surface area contributed by atoms with E-state index in [1.807, 2.05) is 18.3 Å². The predicted octanol–water partition coefficient (Wildman–Crippen LogP) is 1.74. The topological polar surface area (TPSA) is 42.8 Å². The van der Waals surface area contributed by atoms with Gasteiger partial charge in [-0.15, -0.1) is 0 Å². The summed E-state index contributed by atoms with van der Waals surface area (Å²) in [7, 11) is 1.70. The number of imidazole rings is 1. The van der Waals surface area contributed by atoms with Gasteiger partial charge in [-0.3, -0.25) is 4.90 Å². The molecule has 0 unspecified atom stereocenters. The quantitative estimate of drug-likeness (QED) is 0.855. The number of benzene rings is 1. The molecule has 0 atom stereocenters. The molecule has 1 fully saturated rings. The molecule has 1 aromatic carbocycles. The summed E-state index contributed by atoms with van der Waals surface area (Å²) in [6, 6.07) is 8.34. The molecule has 3 heterocycles. The summed E-state index contributed by atoms with van der Waals surface area (Å²) in [5.41, 5.74) is 2.62. The number of rotatable bonds is 4. The van der Waals surface area contributed by atoms with Gasteiger partial charge in [0.05, 0.1) is 32.2 Å². The van der Waals surface area contributed by atoms with E-state index in [0.29, 0.717) is 0 Å². The van der Waals surface area contributed by atoms with Crippen molar-refractivity contribution in [3.8, 4) is 5.75 Å². The zero-order valence-corrected chi connectivity index (χ0v) is 14.1. The Morgan fingerprint density at radius 2 is 1.88 bits per heavy atom. The first-order valence-corrected chi connectivity index (χ1v) is 8.56. The fourth-order valence-corrected chi connectivity index (χ4v) is 3.46. The third-order valence-electron chi connectivity index (χ3n) is 4.80. The number of morpholine rings is 1. The van der Waals surface area contributed by atoms with Gasteiger partial charge in [0.25, 0.3) is 0 Å². The molecular weight excluding hydrogens is 304 g/mol. The third kappa shape index (κ3) is 3.12. The molecule has 24 heavy (non-hydrogen) atoms. The summed E-state index contributed by atoms with van der Waals surface area (Å²) in [6.07, 6.45) is 2.03. The summed E-state index contributed by atoms with van der Waals surface area (Å²) in [5, 5.41) is 0. The maximum absolute atomic E-state index is 5.45. The van der Waals surface area contributed by atoms with Crippen molar-refractivity contribution >= 4 is 5.95 Å². The van der Waals surface area contributed by atoms with Crippen molar-refractivity contribution in [3.05, 3.63) is 41.7 Å². The van der Waals surface area contributed by atoms with Crippen LogP contribution in [0.1, 0.15) is 11.3 Å². The number of anilines is 1. The third-order valence-corrected chi connectivity index (χ3v) is 4.80. The summed E-state index contributed by atoms with van der Waals surface area (Å²) in [6.45, 7) is 7.42. The van der Waals surface area contributed by atoms with Gasteiger partial charge >= 0.3 is 0 Å². The number of methoxy groups -OCH3 is 1. The molecule has 0 amide bonds. The van der Waals surface area contributed by atoms with Crippen molar-refractivity contribution in [1.29, 1.82) is 0 Å². The van der Waals surface area contributed by atoms with Crippen LogP contribution in [-0.4, -0.2) is 54.4 Å². The number of hydrogen-bond donors (Lipinski definition) is 0. The molecule has 128 valence electrons. The van der Waals surface area contributed by atoms with Gasteiger partial charge < -0.3 is 18.9 Å². The van der Waals surface area contributed by atoms with Crippen LogP contribution in [0.3, 0.4) is 0 Å². The number of aromatic nitrogens is 2. The number of nitrogens with zero attached hydrogens (tertiary/aromatic N) is 4. The lowest BCUT2D eigenvalue weighted by Gasteiger charge is -2.32. The lowest BCUT2D eigenvalue weighted by molar-refractivity contribution is 0.121. The lowest BCUT2D eigenvalue weighted by atomic mass is 10.2. The Morgan fingerprint density at radius 3 is 2.62 bits per heavy atom. The van der Waals surface area contributed by atoms with E-state index < -0.39 is 0 Å². The molecule has 6 nitrogen and oxygen atoms in total. The fraction of sp³-hybridized carbons (Fsp3) is 0.500. The van der Waals surface area contributed by atoms with Crippen LogP contribution >= 0.6 is 0 Å². The van der Waals surface area contributed by atoms with Gasteiger partial charge in [-0.2, -0.15) is 0 Å². The van der Waals surface area contributed by atoms with Gasteiger partial charge in [0.1, 0.15) is 5.75 Å². The van der Waals surface area contributed by atoms with E-state index in [1.165, 1.54) is 11.3 Å². The average Bonchev–Trinajstić information content (AvgIpc) is 3.06. The van der Waals surface area contributed by atoms with Gasteiger partial charge in [-0.05, 0) is 17.7 Å². The molecule has 2 aliphatic heterocycles. The van der Waals surface area contributed by atoms with Crippen molar-refractivity contribution in [2.24, 2.45) is 0 Å². The molecule has 6 heteroatoms.